The van der Waals surface area contributed by atoms with E-state index in [1.54, 1.807) is 0 Å². The summed E-state index contributed by atoms with van der Waals surface area (Å²) in [6.45, 7) is 7.66. The van der Waals surface area contributed by atoms with Crippen LogP contribution in [0.1, 0.15) is 49.8 Å². The van der Waals surface area contributed by atoms with Crippen LogP contribution in [0.2, 0.25) is 0 Å². The van der Waals surface area contributed by atoms with Crippen molar-refractivity contribution in [3.05, 3.63) is 34.9 Å². The molecular weight excluding hydrogens is 326 g/mol. The van der Waals surface area contributed by atoms with Crippen molar-refractivity contribution in [3.63, 3.8) is 0 Å². The molecule has 1 aromatic rings. The first-order chi connectivity index (χ1) is 12.7. The number of piperidine rings is 1. The molecule has 1 saturated heterocycles. The first-order valence-corrected chi connectivity index (χ1v) is 10.0. The van der Waals surface area contributed by atoms with Crippen LogP contribution in [0.3, 0.4) is 0 Å². The highest BCUT2D eigenvalue weighted by atomic mass is 16.5. The maximum Gasteiger partial charge on any atom is 0.309 e. The summed E-state index contributed by atoms with van der Waals surface area (Å²) in [5.41, 5.74) is 4.28. The van der Waals surface area contributed by atoms with Gasteiger partial charge in [0, 0.05) is 19.6 Å². The zero-order valence-corrected chi connectivity index (χ0v) is 16.1. The fraction of sp³-hybridized carbons (Fsp3) is 0.619. The zero-order chi connectivity index (χ0) is 18.4. The van der Waals surface area contributed by atoms with Crippen molar-refractivity contribution < 1.29 is 9.53 Å². The van der Waals surface area contributed by atoms with Crippen LogP contribution in [0.5, 0.6) is 0 Å². The molecule has 0 aromatic heterocycles. The Morgan fingerprint density at radius 1 is 1.23 bits per heavy atom. The highest BCUT2D eigenvalue weighted by Gasteiger charge is 2.27. The third-order valence-corrected chi connectivity index (χ3v) is 5.32. The highest BCUT2D eigenvalue weighted by Crippen LogP contribution is 2.23. The summed E-state index contributed by atoms with van der Waals surface area (Å²) in [6, 6.07) is 6.80. The Hall–Kier alpha value is -2.04. The van der Waals surface area contributed by atoms with Gasteiger partial charge in [-0.3, -0.25) is 4.79 Å². The van der Waals surface area contributed by atoms with Gasteiger partial charge in [-0.2, -0.15) is 0 Å². The van der Waals surface area contributed by atoms with Crippen molar-refractivity contribution in [1.82, 2.24) is 10.2 Å². The van der Waals surface area contributed by atoms with E-state index in [2.05, 4.69) is 35.3 Å². The number of carbonyl (C=O) groups excluding carboxylic acids is 1. The quantitative estimate of drug-likeness (QED) is 0.500. The number of guanidine groups is 1. The van der Waals surface area contributed by atoms with E-state index in [1.165, 1.54) is 36.0 Å². The van der Waals surface area contributed by atoms with Gasteiger partial charge < -0.3 is 15.0 Å². The van der Waals surface area contributed by atoms with Crippen LogP contribution in [-0.2, 0) is 28.9 Å². The van der Waals surface area contributed by atoms with Gasteiger partial charge in [-0.25, -0.2) is 4.99 Å². The Labute approximate surface area is 156 Å². The van der Waals surface area contributed by atoms with Gasteiger partial charge in [-0.05, 0) is 62.6 Å². The number of ether oxygens (including phenoxy) is 1. The fourth-order valence-corrected chi connectivity index (χ4v) is 3.90. The normalized spacial score (nSPS) is 17.9. The molecule has 26 heavy (non-hydrogen) atoms. The smallest absolute Gasteiger partial charge is 0.309 e. The van der Waals surface area contributed by atoms with Crippen LogP contribution in [0, 0.1) is 5.92 Å². The molecule has 1 aliphatic carbocycles. The van der Waals surface area contributed by atoms with Gasteiger partial charge >= 0.3 is 5.97 Å². The van der Waals surface area contributed by atoms with Crippen LogP contribution in [0.4, 0.5) is 0 Å². The van der Waals surface area contributed by atoms with Crippen molar-refractivity contribution in [1.29, 1.82) is 0 Å². The monoisotopic (exact) mass is 357 g/mol. The molecule has 0 bridgehead atoms. The van der Waals surface area contributed by atoms with E-state index in [4.69, 9.17) is 9.73 Å². The number of nitrogens with zero attached hydrogens (tertiary/aromatic N) is 2. The predicted octanol–water partition coefficient (Wildman–Crippen LogP) is 2.92. The first kappa shape index (κ1) is 18.7. The molecule has 1 heterocycles. The number of nitrogens with one attached hydrogen (secondary N) is 1. The Bertz CT molecular complexity index is 649. The fourth-order valence-electron chi connectivity index (χ4n) is 3.90. The molecule has 5 nitrogen and oxygen atoms in total. The van der Waals surface area contributed by atoms with Gasteiger partial charge in [0.15, 0.2) is 5.96 Å². The minimum atomic E-state index is -0.0489. The topological polar surface area (TPSA) is 53.9 Å². The summed E-state index contributed by atoms with van der Waals surface area (Å²) in [5, 5.41) is 3.40. The molecular formula is C21H31N3O2. The number of hydrogen-bond acceptors (Lipinski definition) is 3. The summed E-state index contributed by atoms with van der Waals surface area (Å²) in [4.78, 5) is 19.0. The van der Waals surface area contributed by atoms with E-state index in [0.29, 0.717) is 13.2 Å². The standard InChI is InChI=1S/C21H31N3O2/c1-3-22-21(24-12-10-18(11-13-24)20(25)26-4-2)23-15-16-8-9-17-6-5-7-19(17)14-16/h8-9,14,18H,3-7,10-13,15H2,1-2H3,(H,22,23). The molecule has 0 spiro atoms. The third kappa shape index (κ3) is 4.57. The van der Waals surface area contributed by atoms with Gasteiger partial charge in [-0.1, -0.05) is 18.2 Å². The number of carbonyl (C=O) groups is 1. The van der Waals surface area contributed by atoms with E-state index in [9.17, 15) is 4.79 Å². The van der Waals surface area contributed by atoms with Crippen molar-refractivity contribution in [2.75, 3.05) is 26.2 Å². The summed E-state index contributed by atoms with van der Waals surface area (Å²) in [5.74, 6) is 0.938. The minimum absolute atomic E-state index is 0.0331. The molecule has 0 unspecified atom stereocenters. The summed E-state index contributed by atoms with van der Waals surface area (Å²) in [7, 11) is 0. The summed E-state index contributed by atoms with van der Waals surface area (Å²) < 4.78 is 5.16. The summed E-state index contributed by atoms with van der Waals surface area (Å²) in [6.07, 6.45) is 5.37. The van der Waals surface area contributed by atoms with E-state index < -0.39 is 0 Å². The van der Waals surface area contributed by atoms with E-state index in [-0.39, 0.29) is 11.9 Å². The number of hydrogen-bond donors (Lipinski definition) is 1. The van der Waals surface area contributed by atoms with E-state index in [1.807, 2.05) is 6.92 Å². The van der Waals surface area contributed by atoms with Crippen LogP contribution in [0.15, 0.2) is 23.2 Å². The maximum atomic E-state index is 11.9. The van der Waals surface area contributed by atoms with Crippen molar-refractivity contribution in [2.45, 2.75) is 52.5 Å². The lowest BCUT2D eigenvalue weighted by atomic mass is 9.97. The number of esters is 1. The zero-order valence-electron chi connectivity index (χ0n) is 16.1. The SMILES string of the molecule is CCNC(=NCc1ccc2c(c1)CCC2)N1CCC(C(=O)OCC)CC1. The van der Waals surface area contributed by atoms with Gasteiger partial charge in [0.2, 0.25) is 0 Å². The molecule has 2 aliphatic rings. The van der Waals surface area contributed by atoms with Gasteiger partial charge in [0.25, 0.3) is 0 Å². The maximum absolute atomic E-state index is 11.9. The van der Waals surface area contributed by atoms with E-state index >= 15 is 0 Å². The average Bonchev–Trinajstić information content (AvgIpc) is 3.13. The molecule has 0 saturated carbocycles. The predicted molar refractivity (Wildman–Crippen MR) is 104 cm³/mol. The lowest BCUT2D eigenvalue weighted by molar-refractivity contribution is -0.149. The second-order valence-corrected chi connectivity index (χ2v) is 7.14. The Kier molecular flexibility index (Phi) is 6.53. The number of likely N-dealkylation sites (tertiary alicyclic amines) is 1. The number of benzene rings is 1. The number of aliphatic imine (C=N–C) groups is 1. The Morgan fingerprint density at radius 3 is 2.73 bits per heavy atom. The second kappa shape index (κ2) is 9.06. The Morgan fingerprint density at radius 2 is 2.00 bits per heavy atom. The third-order valence-electron chi connectivity index (χ3n) is 5.32. The molecule has 0 radical (unpaired) electrons. The van der Waals surface area contributed by atoms with Gasteiger partial charge in [0.1, 0.15) is 0 Å². The van der Waals surface area contributed by atoms with E-state index in [0.717, 1.165) is 38.4 Å². The van der Waals surface area contributed by atoms with Crippen LogP contribution in [0.25, 0.3) is 0 Å². The molecule has 0 amide bonds. The molecule has 1 fully saturated rings. The number of fused-ring (bicyclic) bond motifs is 1. The number of aryl methyl sites for hydroxylation is 2. The van der Waals surface area contributed by atoms with Crippen molar-refractivity contribution >= 4 is 11.9 Å². The molecule has 1 aliphatic heterocycles. The molecule has 1 N–H and O–H groups in total. The first-order valence-electron chi connectivity index (χ1n) is 10.0. The summed E-state index contributed by atoms with van der Waals surface area (Å²) >= 11 is 0. The lowest BCUT2D eigenvalue weighted by Crippen LogP contribution is -2.46. The molecule has 0 atom stereocenters. The largest absolute Gasteiger partial charge is 0.466 e. The minimum Gasteiger partial charge on any atom is -0.466 e. The van der Waals surface area contributed by atoms with Crippen LogP contribution >= 0.6 is 0 Å². The van der Waals surface area contributed by atoms with Gasteiger partial charge in [0.05, 0.1) is 19.1 Å². The molecule has 1 aromatic carbocycles. The van der Waals surface area contributed by atoms with Crippen LogP contribution < -0.4 is 5.32 Å². The molecule has 3 rings (SSSR count). The average molecular weight is 357 g/mol. The Balaban J connectivity index is 1.60. The van der Waals surface area contributed by atoms with Crippen molar-refractivity contribution in [2.24, 2.45) is 10.9 Å². The van der Waals surface area contributed by atoms with Crippen LogP contribution in [-0.4, -0.2) is 43.1 Å². The highest BCUT2D eigenvalue weighted by molar-refractivity contribution is 5.80. The number of rotatable bonds is 5. The lowest BCUT2D eigenvalue weighted by Gasteiger charge is -2.33. The molecule has 142 valence electrons. The van der Waals surface area contributed by atoms with Crippen molar-refractivity contribution in [3.8, 4) is 0 Å². The second-order valence-electron chi connectivity index (χ2n) is 7.14. The molecule has 5 heteroatoms. The van der Waals surface area contributed by atoms with Gasteiger partial charge in [-0.15, -0.1) is 0 Å².